The first-order chi connectivity index (χ1) is 9.13. The normalized spacial score (nSPS) is 10.9. The smallest absolute Gasteiger partial charge is 0.136 e. The first-order valence-electron chi connectivity index (χ1n) is 6.23. The van der Waals surface area contributed by atoms with Crippen molar-refractivity contribution in [2.75, 3.05) is 45.3 Å². The zero-order valence-electron chi connectivity index (χ0n) is 11.6. The second kappa shape index (κ2) is 5.75. The van der Waals surface area contributed by atoms with Crippen LogP contribution in [0.25, 0.3) is 10.8 Å². The van der Waals surface area contributed by atoms with Gasteiger partial charge in [-0.25, -0.2) is 4.98 Å². The number of hydrogen-bond acceptors (Lipinski definition) is 5. The van der Waals surface area contributed by atoms with Crippen LogP contribution in [0.3, 0.4) is 0 Å². The van der Waals surface area contributed by atoms with Gasteiger partial charge in [0.1, 0.15) is 11.6 Å². The lowest BCUT2D eigenvalue weighted by Gasteiger charge is -2.14. The molecule has 2 aromatic rings. The molecule has 19 heavy (non-hydrogen) atoms. The number of fused-ring (bicyclic) bond motifs is 1. The largest absolute Gasteiger partial charge is 0.496 e. The van der Waals surface area contributed by atoms with E-state index in [9.17, 15) is 0 Å². The first kappa shape index (κ1) is 13.4. The Morgan fingerprint density at radius 1 is 1.32 bits per heavy atom. The summed E-state index contributed by atoms with van der Waals surface area (Å²) in [6.45, 7) is 1.75. The third kappa shape index (κ3) is 2.88. The van der Waals surface area contributed by atoms with Crippen molar-refractivity contribution < 1.29 is 4.74 Å². The zero-order valence-corrected chi connectivity index (χ0v) is 11.6. The van der Waals surface area contributed by atoms with E-state index in [1.807, 2.05) is 32.3 Å². The van der Waals surface area contributed by atoms with Crippen molar-refractivity contribution in [1.82, 2.24) is 9.88 Å². The highest BCUT2D eigenvalue weighted by Gasteiger charge is 2.09. The number of rotatable bonds is 5. The van der Waals surface area contributed by atoms with Crippen LogP contribution in [0.4, 0.5) is 11.5 Å². The predicted molar refractivity (Wildman–Crippen MR) is 79.8 cm³/mol. The molecule has 0 spiro atoms. The zero-order chi connectivity index (χ0) is 13.8. The fourth-order valence-electron chi connectivity index (χ4n) is 2.01. The maximum absolute atomic E-state index is 6.07. The van der Waals surface area contributed by atoms with Crippen LogP contribution < -0.4 is 15.8 Å². The Kier molecular flexibility index (Phi) is 4.06. The predicted octanol–water partition coefficient (Wildman–Crippen LogP) is 1.80. The van der Waals surface area contributed by atoms with Gasteiger partial charge in [-0.1, -0.05) is 0 Å². The minimum atomic E-state index is 0.705. The summed E-state index contributed by atoms with van der Waals surface area (Å²) in [4.78, 5) is 6.49. The molecule has 102 valence electrons. The van der Waals surface area contributed by atoms with Gasteiger partial charge in [0.2, 0.25) is 0 Å². The molecular weight excluding hydrogens is 240 g/mol. The molecule has 2 rings (SSSR count). The molecule has 5 nitrogen and oxygen atoms in total. The number of aromatic nitrogens is 1. The third-order valence-corrected chi connectivity index (χ3v) is 2.99. The van der Waals surface area contributed by atoms with Crippen LogP contribution in [0.15, 0.2) is 24.4 Å². The van der Waals surface area contributed by atoms with Crippen LogP contribution in [-0.4, -0.2) is 44.2 Å². The Balaban J connectivity index is 2.38. The molecule has 3 N–H and O–H groups in total. The molecule has 0 unspecified atom stereocenters. The van der Waals surface area contributed by atoms with E-state index in [1.165, 1.54) is 0 Å². The third-order valence-electron chi connectivity index (χ3n) is 2.99. The number of hydrogen-bond donors (Lipinski definition) is 2. The molecule has 0 aliphatic heterocycles. The Bertz CT molecular complexity index is 569. The van der Waals surface area contributed by atoms with Crippen molar-refractivity contribution in [3.63, 3.8) is 0 Å². The number of benzene rings is 1. The van der Waals surface area contributed by atoms with Crippen molar-refractivity contribution in [2.45, 2.75) is 0 Å². The Morgan fingerprint density at radius 2 is 2.11 bits per heavy atom. The van der Waals surface area contributed by atoms with E-state index in [-0.39, 0.29) is 0 Å². The van der Waals surface area contributed by atoms with Crippen molar-refractivity contribution in [2.24, 2.45) is 0 Å². The molecule has 0 saturated carbocycles. The molecule has 1 heterocycles. The van der Waals surface area contributed by atoms with Gasteiger partial charge in [-0.2, -0.15) is 0 Å². The highest BCUT2D eigenvalue weighted by Crippen LogP contribution is 2.33. The summed E-state index contributed by atoms with van der Waals surface area (Å²) < 4.78 is 5.36. The minimum Gasteiger partial charge on any atom is -0.496 e. The monoisotopic (exact) mass is 260 g/mol. The summed E-state index contributed by atoms with van der Waals surface area (Å²) in [6.07, 6.45) is 1.77. The van der Waals surface area contributed by atoms with Crippen molar-refractivity contribution in [3.8, 4) is 5.75 Å². The summed E-state index contributed by atoms with van der Waals surface area (Å²) in [5.74, 6) is 1.61. The average Bonchev–Trinajstić information content (AvgIpc) is 2.39. The van der Waals surface area contributed by atoms with E-state index >= 15 is 0 Å². The SMILES string of the molecule is COc1ccc(N)c2c(NCCN(C)C)nccc12. The van der Waals surface area contributed by atoms with Crippen LogP contribution in [0.5, 0.6) is 5.75 Å². The average molecular weight is 260 g/mol. The number of nitrogens with one attached hydrogen (secondary N) is 1. The van der Waals surface area contributed by atoms with Crippen molar-refractivity contribution in [1.29, 1.82) is 0 Å². The number of nitrogens with two attached hydrogens (primary N) is 1. The van der Waals surface area contributed by atoms with E-state index in [0.29, 0.717) is 5.69 Å². The summed E-state index contributed by atoms with van der Waals surface area (Å²) in [5.41, 5.74) is 6.77. The quantitative estimate of drug-likeness (QED) is 0.803. The Hall–Kier alpha value is -2.01. The summed E-state index contributed by atoms with van der Waals surface area (Å²) in [7, 11) is 5.73. The van der Waals surface area contributed by atoms with E-state index in [1.54, 1.807) is 13.3 Å². The van der Waals surface area contributed by atoms with Crippen molar-refractivity contribution >= 4 is 22.3 Å². The number of ether oxygens (including phenoxy) is 1. The second-order valence-electron chi connectivity index (χ2n) is 4.67. The maximum Gasteiger partial charge on any atom is 0.136 e. The Morgan fingerprint density at radius 3 is 2.79 bits per heavy atom. The van der Waals surface area contributed by atoms with Crippen LogP contribution in [0.1, 0.15) is 0 Å². The molecule has 0 bridgehead atoms. The van der Waals surface area contributed by atoms with Crippen LogP contribution in [0.2, 0.25) is 0 Å². The lowest BCUT2D eigenvalue weighted by atomic mass is 10.1. The van der Waals surface area contributed by atoms with Gasteiger partial charge in [-0.15, -0.1) is 0 Å². The fourth-order valence-corrected chi connectivity index (χ4v) is 2.01. The molecular formula is C14H20N4O. The van der Waals surface area contributed by atoms with Gasteiger partial charge in [0.05, 0.1) is 12.5 Å². The highest BCUT2D eigenvalue weighted by molar-refractivity contribution is 6.03. The van der Waals surface area contributed by atoms with Gasteiger partial charge < -0.3 is 20.7 Å². The van der Waals surface area contributed by atoms with E-state index in [4.69, 9.17) is 10.5 Å². The molecule has 0 aliphatic carbocycles. The van der Waals surface area contributed by atoms with Gasteiger partial charge in [-0.3, -0.25) is 0 Å². The number of methoxy groups -OCH3 is 1. The molecule has 1 aromatic heterocycles. The molecule has 0 saturated heterocycles. The van der Waals surface area contributed by atoms with Crippen LogP contribution >= 0.6 is 0 Å². The van der Waals surface area contributed by atoms with E-state index in [2.05, 4.69) is 15.2 Å². The first-order valence-corrected chi connectivity index (χ1v) is 6.23. The molecule has 0 radical (unpaired) electrons. The minimum absolute atomic E-state index is 0.705. The molecule has 0 atom stereocenters. The van der Waals surface area contributed by atoms with E-state index in [0.717, 1.165) is 35.4 Å². The summed E-state index contributed by atoms with van der Waals surface area (Å²) >= 11 is 0. The number of likely N-dealkylation sites (N-methyl/N-ethyl adjacent to an activating group) is 1. The van der Waals surface area contributed by atoms with Gasteiger partial charge in [0.25, 0.3) is 0 Å². The molecule has 0 aliphatic rings. The van der Waals surface area contributed by atoms with Crippen LogP contribution in [0, 0.1) is 0 Å². The lowest BCUT2D eigenvalue weighted by molar-refractivity contribution is 0.420. The van der Waals surface area contributed by atoms with E-state index < -0.39 is 0 Å². The van der Waals surface area contributed by atoms with Gasteiger partial charge >= 0.3 is 0 Å². The number of anilines is 2. The lowest BCUT2D eigenvalue weighted by Crippen LogP contribution is -2.21. The fraction of sp³-hybridized carbons (Fsp3) is 0.357. The second-order valence-corrected chi connectivity index (χ2v) is 4.67. The highest BCUT2D eigenvalue weighted by atomic mass is 16.5. The van der Waals surface area contributed by atoms with Crippen molar-refractivity contribution in [3.05, 3.63) is 24.4 Å². The van der Waals surface area contributed by atoms with Gasteiger partial charge in [0, 0.05) is 30.4 Å². The topological polar surface area (TPSA) is 63.4 Å². The maximum atomic E-state index is 6.07. The number of pyridine rings is 1. The van der Waals surface area contributed by atoms with Gasteiger partial charge in [-0.05, 0) is 32.3 Å². The molecule has 0 amide bonds. The molecule has 5 heteroatoms. The Labute approximate surface area is 113 Å². The summed E-state index contributed by atoms with van der Waals surface area (Å²) in [5, 5.41) is 5.22. The number of nitrogens with zero attached hydrogens (tertiary/aromatic N) is 2. The number of nitrogen functional groups attached to an aromatic ring is 1. The van der Waals surface area contributed by atoms with Gasteiger partial charge in [0.15, 0.2) is 0 Å². The van der Waals surface area contributed by atoms with Crippen LogP contribution in [-0.2, 0) is 0 Å². The summed E-state index contributed by atoms with van der Waals surface area (Å²) in [6, 6.07) is 5.64. The molecule has 0 fully saturated rings. The molecule has 1 aromatic carbocycles. The standard InChI is InChI=1S/C14H20N4O/c1-18(2)9-8-17-14-13-10(6-7-16-14)12(19-3)5-4-11(13)15/h4-7H,8-9,15H2,1-3H3,(H,16,17).